The number of fused-ring (bicyclic) bond motifs is 5. The van der Waals surface area contributed by atoms with E-state index in [1.54, 1.807) is 12.2 Å². The average Bonchev–Trinajstić information content (AvgIpc) is 2.97. The quantitative estimate of drug-likeness (QED) is 0.729. The molecule has 0 saturated heterocycles. The molecule has 0 aromatic heterocycles. The fourth-order valence-electron chi connectivity index (χ4n) is 7.04. The van der Waals surface area contributed by atoms with Gasteiger partial charge < -0.3 is 10.4 Å². The van der Waals surface area contributed by atoms with Crippen LogP contribution in [0, 0.1) is 34.5 Å². The molecular weight excluding hydrogens is 342 g/mol. The number of likely N-dealkylation sites (N-methyl/N-ethyl adjacent to an activating group) is 1. The van der Waals surface area contributed by atoms with Gasteiger partial charge in [-0.3, -0.25) is 14.4 Å². The summed E-state index contributed by atoms with van der Waals surface area (Å²) in [5, 5.41) is 13.7. The minimum atomic E-state index is -0.541. The molecule has 0 radical (unpaired) electrons. The molecule has 3 saturated carbocycles. The van der Waals surface area contributed by atoms with Crippen molar-refractivity contribution in [1.82, 2.24) is 5.32 Å². The molecular formula is C22H29NO4. The molecule has 4 rings (SSSR count). The fourth-order valence-corrected chi connectivity index (χ4v) is 7.04. The molecule has 4 aliphatic rings. The van der Waals surface area contributed by atoms with E-state index in [0.29, 0.717) is 18.3 Å². The Kier molecular flexibility index (Phi) is 4.22. The number of hydrogen-bond donors (Lipinski definition) is 2. The first kappa shape index (κ1) is 18.6. The Morgan fingerprint density at radius 2 is 1.96 bits per heavy atom. The van der Waals surface area contributed by atoms with E-state index in [2.05, 4.69) is 19.2 Å². The molecule has 27 heavy (non-hydrogen) atoms. The topological polar surface area (TPSA) is 83.5 Å². The van der Waals surface area contributed by atoms with Gasteiger partial charge in [-0.1, -0.05) is 25.5 Å². The van der Waals surface area contributed by atoms with Crippen LogP contribution in [0.1, 0.15) is 46.0 Å². The highest BCUT2D eigenvalue weighted by atomic mass is 16.3. The molecule has 0 aliphatic heterocycles. The zero-order valence-corrected chi connectivity index (χ0v) is 16.3. The van der Waals surface area contributed by atoms with E-state index in [9.17, 15) is 19.5 Å². The second kappa shape index (κ2) is 6.13. The van der Waals surface area contributed by atoms with Crippen molar-refractivity contribution in [2.45, 2.75) is 52.1 Å². The summed E-state index contributed by atoms with van der Waals surface area (Å²) in [5.41, 5.74) is 0.506. The van der Waals surface area contributed by atoms with Gasteiger partial charge in [0.05, 0.1) is 6.10 Å². The number of nitrogens with one attached hydrogen (secondary N) is 1. The number of ketones is 2. The molecule has 0 aromatic carbocycles. The summed E-state index contributed by atoms with van der Waals surface area (Å²) in [4.78, 5) is 36.5. The zero-order chi connectivity index (χ0) is 19.6. The van der Waals surface area contributed by atoms with E-state index in [0.717, 1.165) is 31.3 Å². The van der Waals surface area contributed by atoms with Gasteiger partial charge in [-0.15, -0.1) is 0 Å². The van der Waals surface area contributed by atoms with Gasteiger partial charge in [-0.2, -0.15) is 0 Å². The molecule has 7 atom stereocenters. The van der Waals surface area contributed by atoms with E-state index in [1.165, 1.54) is 7.05 Å². The fraction of sp³-hybridized carbons (Fsp3) is 0.682. The maximum Gasteiger partial charge on any atom is 0.287 e. The monoisotopic (exact) mass is 371 g/mol. The second-order valence-corrected chi connectivity index (χ2v) is 9.37. The number of carbonyl (C=O) groups excluding carboxylic acids is 3. The summed E-state index contributed by atoms with van der Waals surface area (Å²) in [6, 6.07) is 0. The summed E-state index contributed by atoms with van der Waals surface area (Å²) < 4.78 is 0. The van der Waals surface area contributed by atoms with Crippen molar-refractivity contribution < 1.29 is 19.5 Å². The highest BCUT2D eigenvalue weighted by Gasteiger charge is 2.62. The molecule has 0 heterocycles. The molecule has 1 amide bonds. The summed E-state index contributed by atoms with van der Waals surface area (Å²) in [6.45, 7) is 4.25. The maximum absolute atomic E-state index is 12.7. The Morgan fingerprint density at radius 1 is 1.22 bits per heavy atom. The third kappa shape index (κ3) is 2.50. The summed E-state index contributed by atoms with van der Waals surface area (Å²) in [7, 11) is 1.49. The van der Waals surface area contributed by atoms with Crippen molar-refractivity contribution in [3.05, 3.63) is 23.8 Å². The number of aliphatic hydroxyl groups excluding tert-OH is 1. The molecule has 0 bridgehead atoms. The Bertz CT molecular complexity index is 768. The van der Waals surface area contributed by atoms with Crippen molar-refractivity contribution in [2.75, 3.05) is 7.05 Å². The molecule has 0 aromatic rings. The number of rotatable bonds is 2. The Labute approximate surface area is 160 Å². The molecule has 2 N–H and O–H groups in total. The van der Waals surface area contributed by atoms with E-state index in [-0.39, 0.29) is 34.2 Å². The van der Waals surface area contributed by atoms with Gasteiger partial charge in [-0.25, -0.2) is 0 Å². The number of carbonyl (C=O) groups is 3. The second-order valence-electron chi connectivity index (χ2n) is 9.37. The first-order valence-corrected chi connectivity index (χ1v) is 10.1. The molecule has 0 unspecified atom stereocenters. The van der Waals surface area contributed by atoms with E-state index in [1.807, 2.05) is 6.08 Å². The van der Waals surface area contributed by atoms with Gasteiger partial charge in [0.25, 0.3) is 5.91 Å². The molecule has 5 heteroatoms. The highest BCUT2D eigenvalue weighted by molar-refractivity contribution is 6.37. The van der Waals surface area contributed by atoms with E-state index < -0.39 is 12.0 Å². The minimum absolute atomic E-state index is 0.0353. The first-order valence-electron chi connectivity index (χ1n) is 10.1. The van der Waals surface area contributed by atoms with Crippen LogP contribution in [-0.4, -0.2) is 35.7 Å². The van der Waals surface area contributed by atoms with Crippen LogP contribution in [0.15, 0.2) is 23.8 Å². The first-order chi connectivity index (χ1) is 12.7. The van der Waals surface area contributed by atoms with E-state index >= 15 is 0 Å². The SMILES string of the molecule is CNC(=O)C(=O)[C@H]1CC[C@H]2[C@@H]3CCC4=CC(=O)C=C[C@]4(C)[C@H]3[C@@H](O)C[C@]12C. The molecule has 5 nitrogen and oxygen atoms in total. The lowest BCUT2D eigenvalue weighted by atomic mass is 9.46. The standard InChI is InChI=1S/C22H29NO4/c1-21-9-8-13(24)10-12(21)4-5-14-15-6-7-16(19(26)20(27)23-3)22(15,2)11-17(25)18(14)21/h8-10,14-18,25H,4-7,11H2,1-3H3,(H,23,27)/t14-,15-,16+,17-,18+,21-,22-/m0/s1. The normalized spacial score (nSPS) is 45.4. The van der Waals surface area contributed by atoms with Crippen LogP contribution in [0.25, 0.3) is 0 Å². The predicted molar refractivity (Wildman–Crippen MR) is 101 cm³/mol. The van der Waals surface area contributed by atoms with Gasteiger partial charge in [0.15, 0.2) is 5.78 Å². The largest absolute Gasteiger partial charge is 0.393 e. The summed E-state index contributed by atoms with van der Waals surface area (Å²) in [6.07, 6.45) is 8.83. The number of allylic oxidation sites excluding steroid dienone is 4. The van der Waals surface area contributed by atoms with Crippen LogP contribution in [0.4, 0.5) is 0 Å². The molecule has 3 fully saturated rings. The molecule has 0 spiro atoms. The van der Waals surface area contributed by atoms with E-state index in [4.69, 9.17) is 0 Å². The lowest BCUT2D eigenvalue weighted by molar-refractivity contribution is -0.148. The maximum atomic E-state index is 12.7. The van der Waals surface area contributed by atoms with Gasteiger partial charge >= 0.3 is 0 Å². The van der Waals surface area contributed by atoms with Gasteiger partial charge in [0.2, 0.25) is 5.78 Å². The zero-order valence-electron chi connectivity index (χ0n) is 16.3. The lowest BCUT2D eigenvalue weighted by Gasteiger charge is -2.58. The lowest BCUT2D eigenvalue weighted by Crippen LogP contribution is -2.56. The van der Waals surface area contributed by atoms with Crippen molar-refractivity contribution in [2.24, 2.45) is 34.5 Å². The predicted octanol–water partition coefficient (Wildman–Crippen LogP) is 2.20. The van der Waals surface area contributed by atoms with Crippen LogP contribution < -0.4 is 5.32 Å². The molecule has 4 aliphatic carbocycles. The van der Waals surface area contributed by atoms with Crippen LogP contribution in [0.2, 0.25) is 0 Å². The highest BCUT2D eigenvalue weighted by Crippen LogP contribution is 2.66. The van der Waals surface area contributed by atoms with Crippen molar-refractivity contribution in [3.63, 3.8) is 0 Å². The average molecular weight is 371 g/mol. The number of hydrogen-bond acceptors (Lipinski definition) is 4. The number of amides is 1. The molecule has 146 valence electrons. The van der Waals surface area contributed by atoms with Crippen LogP contribution in [-0.2, 0) is 14.4 Å². The Morgan fingerprint density at radius 3 is 2.67 bits per heavy atom. The van der Waals surface area contributed by atoms with Crippen LogP contribution in [0.3, 0.4) is 0 Å². The smallest absolute Gasteiger partial charge is 0.287 e. The van der Waals surface area contributed by atoms with Crippen LogP contribution in [0.5, 0.6) is 0 Å². The Balaban J connectivity index is 1.69. The summed E-state index contributed by atoms with van der Waals surface area (Å²) >= 11 is 0. The number of Topliss-reactive ketones (excluding diaryl/α,β-unsaturated/α-hetero) is 1. The number of aliphatic hydroxyl groups is 1. The Hall–Kier alpha value is -1.75. The third-order valence-electron chi connectivity index (χ3n) is 8.26. The van der Waals surface area contributed by atoms with Gasteiger partial charge in [0.1, 0.15) is 0 Å². The summed E-state index contributed by atoms with van der Waals surface area (Å²) in [5.74, 6) is -0.435. The third-order valence-corrected chi connectivity index (χ3v) is 8.26. The van der Waals surface area contributed by atoms with Crippen molar-refractivity contribution in [3.8, 4) is 0 Å². The van der Waals surface area contributed by atoms with Crippen molar-refractivity contribution in [1.29, 1.82) is 0 Å². The minimum Gasteiger partial charge on any atom is -0.393 e. The van der Waals surface area contributed by atoms with Gasteiger partial charge in [-0.05, 0) is 61.5 Å². The van der Waals surface area contributed by atoms with Crippen LogP contribution >= 0.6 is 0 Å². The van der Waals surface area contributed by atoms with Gasteiger partial charge in [0, 0.05) is 24.3 Å². The van der Waals surface area contributed by atoms with Crippen molar-refractivity contribution >= 4 is 17.5 Å².